The van der Waals surface area contributed by atoms with Crippen LogP contribution in [0.3, 0.4) is 0 Å². The number of hydrogen-bond donors (Lipinski definition) is 1. The highest BCUT2D eigenvalue weighted by Crippen LogP contribution is 2.39. The predicted molar refractivity (Wildman–Crippen MR) is 172 cm³/mol. The predicted octanol–water partition coefficient (Wildman–Crippen LogP) is 5.78. The van der Waals surface area contributed by atoms with Crippen LogP contribution < -0.4 is 10.5 Å². The molecule has 9 nitrogen and oxygen atoms in total. The van der Waals surface area contributed by atoms with E-state index in [1.807, 2.05) is 24.6 Å². The van der Waals surface area contributed by atoms with Crippen LogP contribution >= 0.6 is 0 Å². The number of imidazole rings is 1. The zero-order valence-electron chi connectivity index (χ0n) is 25.8. The van der Waals surface area contributed by atoms with Crippen molar-refractivity contribution >= 4 is 33.6 Å². The molecule has 3 aromatic heterocycles. The number of carbonyl (C=O) groups excluding carboxylic acids is 2. The molecule has 2 aliphatic rings. The van der Waals surface area contributed by atoms with Gasteiger partial charge >= 0.3 is 0 Å². The minimum Gasteiger partial charge on any atom is -0.494 e. The summed E-state index contributed by atoms with van der Waals surface area (Å²) in [4.78, 5) is 36.5. The van der Waals surface area contributed by atoms with E-state index in [2.05, 4.69) is 33.8 Å². The number of pyridine rings is 1. The lowest BCUT2D eigenvalue weighted by molar-refractivity contribution is 0.0606. The molecular formula is C35H37FN6O3. The van der Waals surface area contributed by atoms with Crippen LogP contribution in [0.2, 0.25) is 0 Å². The normalized spacial score (nSPS) is 18.6. The minimum absolute atomic E-state index is 0.0274. The van der Waals surface area contributed by atoms with Crippen molar-refractivity contribution in [2.75, 3.05) is 20.2 Å². The first-order valence-corrected chi connectivity index (χ1v) is 15.6. The van der Waals surface area contributed by atoms with E-state index in [1.54, 1.807) is 31.5 Å². The second kappa shape index (κ2) is 11.4. The first-order chi connectivity index (χ1) is 21.7. The summed E-state index contributed by atoms with van der Waals surface area (Å²) in [5, 5.41) is 1.09. The fraction of sp³-hybridized carbons (Fsp3) is 0.371. The van der Waals surface area contributed by atoms with Crippen LogP contribution in [0.4, 0.5) is 4.39 Å². The van der Waals surface area contributed by atoms with Gasteiger partial charge in [-0.1, -0.05) is 25.1 Å². The van der Waals surface area contributed by atoms with Gasteiger partial charge in [-0.2, -0.15) is 0 Å². The van der Waals surface area contributed by atoms with E-state index in [0.717, 1.165) is 45.6 Å². The first kappa shape index (κ1) is 29.2. The van der Waals surface area contributed by atoms with Crippen LogP contribution in [0.5, 0.6) is 5.75 Å². The van der Waals surface area contributed by atoms with E-state index in [9.17, 15) is 14.0 Å². The van der Waals surface area contributed by atoms with Gasteiger partial charge in [-0.15, -0.1) is 0 Å². The Labute approximate surface area is 260 Å². The summed E-state index contributed by atoms with van der Waals surface area (Å²) in [6.07, 6.45) is 3.69. The molecule has 0 unspecified atom stereocenters. The molecule has 0 bridgehead atoms. The Bertz CT molecular complexity index is 1930. The first-order valence-electron chi connectivity index (χ1n) is 15.6. The smallest absolute Gasteiger partial charge is 0.254 e. The van der Waals surface area contributed by atoms with E-state index < -0.39 is 6.17 Å². The molecule has 1 aliphatic heterocycles. The number of ether oxygens (including phenoxy) is 1. The SMILES string of the molecule is CCC(=O)c1ccc(-c2ccc3cc(-c4nc5cc(C(=O)N6C[C@H](N)C[C@@H](F)C6)cc(OC)c5n4C)n(CC4CC4)c3c2)cn1. The molecule has 5 aromatic rings. The third kappa shape index (κ3) is 5.37. The third-order valence-electron chi connectivity index (χ3n) is 9.09. The number of halogens is 1. The highest BCUT2D eigenvalue weighted by molar-refractivity contribution is 6.00. The number of alkyl halides is 1. The van der Waals surface area contributed by atoms with Gasteiger partial charge in [-0.25, -0.2) is 9.37 Å². The lowest BCUT2D eigenvalue weighted by atomic mass is 10.0. The van der Waals surface area contributed by atoms with E-state index in [-0.39, 0.29) is 30.7 Å². The van der Waals surface area contributed by atoms with E-state index in [1.165, 1.54) is 17.7 Å². The van der Waals surface area contributed by atoms with Crippen molar-refractivity contribution in [2.24, 2.45) is 18.7 Å². The number of aromatic nitrogens is 4. The number of nitrogens with zero attached hydrogens (tertiary/aromatic N) is 5. The van der Waals surface area contributed by atoms with Crippen LogP contribution in [-0.2, 0) is 13.6 Å². The number of methoxy groups -OCH3 is 1. The number of piperidine rings is 1. The fourth-order valence-electron chi connectivity index (χ4n) is 6.53. The summed E-state index contributed by atoms with van der Waals surface area (Å²) < 4.78 is 24.4. The average molecular weight is 609 g/mol. The fourth-order valence-corrected chi connectivity index (χ4v) is 6.53. The molecule has 1 amide bonds. The number of rotatable bonds is 8. The van der Waals surface area contributed by atoms with Crippen LogP contribution in [0.25, 0.3) is 44.6 Å². The highest BCUT2D eigenvalue weighted by atomic mass is 19.1. The van der Waals surface area contributed by atoms with Crippen molar-refractivity contribution in [3.63, 3.8) is 0 Å². The van der Waals surface area contributed by atoms with Gasteiger partial charge in [0.05, 0.1) is 24.9 Å². The highest BCUT2D eigenvalue weighted by Gasteiger charge is 2.30. The number of ketones is 1. The Kier molecular flexibility index (Phi) is 7.40. The van der Waals surface area contributed by atoms with Gasteiger partial charge < -0.3 is 24.5 Å². The molecule has 2 N–H and O–H groups in total. The molecule has 1 saturated heterocycles. The van der Waals surface area contributed by atoms with Gasteiger partial charge in [0.15, 0.2) is 11.6 Å². The van der Waals surface area contributed by atoms with Crippen molar-refractivity contribution in [3.8, 4) is 28.4 Å². The second-order valence-electron chi connectivity index (χ2n) is 12.4. The summed E-state index contributed by atoms with van der Waals surface area (Å²) in [6, 6.07) is 15.4. The van der Waals surface area contributed by atoms with Crippen molar-refractivity contribution in [1.82, 2.24) is 24.0 Å². The van der Waals surface area contributed by atoms with Crippen molar-refractivity contribution in [1.29, 1.82) is 0 Å². The number of aryl methyl sites for hydroxylation is 1. The molecule has 1 aliphatic carbocycles. The molecular weight excluding hydrogens is 571 g/mol. The standard InChI is InChI=1S/C35H37FN6O3/c1-4-31(43)27-10-9-23(16-38-27)21-7-8-22-13-30(42(29(22)12-21)17-20-5-6-20)34-39-28-11-24(14-32(45-3)33(28)40(34)2)35(44)41-18-25(36)15-26(37)19-41/h7-14,16,20,25-26H,4-6,15,17-19,37H2,1-3H3/t25-,26-/m1/s1. The number of likely N-dealkylation sites (tertiary alicyclic amines) is 1. The van der Waals surface area contributed by atoms with Gasteiger partial charge in [0.25, 0.3) is 5.91 Å². The zero-order chi connectivity index (χ0) is 31.4. The zero-order valence-corrected chi connectivity index (χ0v) is 25.8. The van der Waals surface area contributed by atoms with Crippen LogP contribution in [0, 0.1) is 5.92 Å². The molecule has 2 aromatic carbocycles. The van der Waals surface area contributed by atoms with Gasteiger partial charge in [-0.3, -0.25) is 14.6 Å². The van der Waals surface area contributed by atoms with Crippen molar-refractivity contribution < 1.29 is 18.7 Å². The number of fused-ring (bicyclic) bond motifs is 2. The number of Topliss-reactive ketones (excluding diaryl/α,β-unsaturated/α-hetero) is 1. The molecule has 45 heavy (non-hydrogen) atoms. The number of hydrogen-bond acceptors (Lipinski definition) is 6. The Hall–Kier alpha value is -4.57. The summed E-state index contributed by atoms with van der Waals surface area (Å²) in [7, 11) is 3.54. The molecule has 232 valence electrons. The maximum absolute atomic E-state index is 14.3. The summed E-state index contributed by atoms with van der Waals surface area (Å²) >= 11 is 0. The van der Waals surface area contributed by atoms with Crippen molar-refractivity contribution in [3.05, 3.63) is 66.0 Å². The van der Waals surface area contributed by atoms with E-state index in [4.69, 9.17) is 15.5 Å². The van der Waals surface area contributed by atoms with Gasteiger partial charge in [0.1, 0.15) is 23.1 Å². The molecule has 4 heterocycles. The number of benzene rings is 2. The number of nitrogens with two attached hydrogens (primary N) is 1. The molecule has 7 rings (SSSR count). The van der Waals surface area contributed by atoms with E-state index in [0.29, 0.717) is 41.4 Å². The minimum atomic E-state index is -1.14. The number of amides is 1. The summed E-state index contributed by atoms with van der Waals surface area (Å²) in [6.45, 7) is 3.05. The Balaban J connectivity index is 1.31. The molecule has 2 atom stereocenters. The topological polar surface area (TPSA) is 108 Å². The quantitative estimate of drug-likeness (QED) is 0.224. The maximum atomic E-state index is 14.3. The van der Waals surface area contributed by atoms with Crippen LogP contribution in [-0.4, -0.2) is 68.1 Å². The second-order valence-corrected chi connectivity index (χ2v) is 12.4. The van der Waals surface area contributed by atoms with Crippen LogP contribution in [0.1, 0.15) is 53.5 Å². The van der Waals surface area contributed by atoms with Gasteiger partial charge in [0, 0.05) is 60.8 Å². The molecule has 1 saturated carbocycles. The van der Waals surface area contributed by atoms with E-state index >= 15 is 0 Å². The average Bonchev–Trinajstić information content (AvgIpc) is 3.72. The summed E-state index contributed by atoms with van der Waals surface area (Å²) in [5.41, 5.74) is 12.4. The molecule has 0 spiro atoms. The van der Waals surface area contributed by atoms with Crippen molar-refractivity contribution in [2.45, 2.75) is 51.4 Å². The monoisotopic (exact) mass is 608 g/mol. The Morgan fingerprint density at radius 3 is 2.56 bits per heavy atom. The largest absolute Gasteiger partial charge is 0.494 e. The Morgan fingerprint density at radius 1 is 1.07 bits per heavy atom. The molecule has 0 radical (unpaired) electrons. The molecule has 10 heteroatoms. The lowest BCUT2D eigenvalue weighted by Gasteiger charge is -2.33. The summed E-state index contributed by atoms with van der Waals surface area (Å²) in [5.74, 6) is 1.64. The lowest BCUT2D eigenvalue weighted by Crippen LogP contribution is -2.50. The third-order valence-corrected chi connectivity index (χ3v) is 9.09. The maximum Gasteiger partial charge on any atom is 0.254 e. The van der Waals surface area contributed by atoms with Crippen LogP contribution in [0.15, 0.2) is 54.7 Å². The molecule has 2 fully saturated rings. The van der Waals surface area contributed by atoms with Gasteiger partial charge in [-0.05, 0) is 61.1 Å². The van der Waals surface area contributed by atoms with Gasteiger partial charge in [0.2, 0.25) is 0 Å². The number of carbonyl (C=O) groups is 2. The Morgan fingerprint density at radius 2 is 1.87 bits per heavy atom.